The predicted molar refractivity (Wildman–Crippen MR) is 99.4 cm³/mol. The van der Waals surface area contributed by atoms with Crippen molar-refractivity contribution in [1.29, 1.82) is 5.26 Å². The van der Waals surface area contributed by atoms with Crippen LogP contribution < -0.4 is 0 Å². The quantitative estimate of drug-likeness (QED) is 0.260. The van der Waals surface area contributed by atoms with Crippen LogP contribution in [0.1, 0.15) is 16.1 Å². The first-order valence-electron chi connectivity index (χ1n) is 7.77. The van der Waals surface area contributed by atoms with Crippen LogP contribution in [0.2, 0.25) is 0 Å². The molecule has 0 unspecified atom stereocenters. The molecule has 0 atom stereocenters. The minimum Gasteiger partial charge on any atom is -0.506 e. The number of aromatic nitrogens is 1. The summed E-state index contributed by atoms with van der Waals surface area (Å²) in [6, 6.07) is 6.74. The normalized spacial score (nSPS) is 12.3. The van der Waals surface area contributed by atoms with Gasteiger partial charge in [0.05, 0.1) is 31.7 Å². The fourth-order valence-corrected chi connectivity index (χ4v) is 3.44. The summed E-state index contributed by atoms with van der Waals surface area (Å²) in [5.41, 5.74) is -3.30. The Kier molecular flexibility index (Phi) is 5.11. The number of aliphatic hydroxyl groups is 1. The molecule has 3 aromatic rings. The Bertz CT molecular complexity index is 1240. The van der Waals surface area contributed by atoms with Crippen molar-refractivity contribution in [3.8, 4) is 6.07 Å². The van der Waals surface area contributed by atoms with E-state index in [4.69, 9.17) is 0 Å². The van der Waals surface area contributed by atoms with Crippen molar-refractivity contribution in [1.82, 2.24) is 4.98 Å². The smallest absolute Gasteiger partial charge is 0.416 e. The number of benzene rings is 2. The summed E-state index contributed by atoms with van der Waals surface area (Å²) >= 11 is 0.807. The Morgan fingerprint density at radius 2 is 1.70 bits per heavy atom. The van der Waals surface area contributed by atoms with Crippen LogP contribution in [-0.4, -0.2) is 19.9 Å². The first-order chi connectivity index (χ1) is 14.0. The number of non-ortho nitro benzene ring substituents is 2. The summed E-state index contributed by atoms with van der Waals surface area (Å²) < 4.78 is 38.9. The molecule has 3 rings (SSSR count). The van der Waals surface area contributed by atoms with Crippen molar-refractivity contribution in [3.63, 3.8) is 0 Å². The highest BCUT2D eigenvalue weighted by molar-refractivity contribution is 7.19. The van der Waals surface area contributed by atoms with Crippen molar-refractivity contribution >= 4 is 44.3 Å². The van der Waals surface area contributed by atoms with E-state index in [9.17, 15) is 43.8 Å². The maximum Gasteiger partial charge on any atom is 0.416 e. The molecule has 0 fully saturated rings. The number of hydrogen-bond donors (Lipinski definition) is 1. The minimum atomic E-state index is -4.60. The summed E-state index contributed by atoms with van der Waals surface area (Å²) in [7, 11) is 0. The maximum absolute atomic E-state index is 12.9. The van der Waals surface area contributed by atoms with E-state index >= 15 is 0 Å². The number of aliphatic hydroxyl groups excluding tert-OH is 1. The second-order valence-electron chi connectivity index (χ2n) is 5.79. The molecule has 0 aliphatic carbocycles. The third kappa shape index (κ3) is 3.89. The Balaban J connectivity index is 2.18. The summed E-state index contributed by atoms with van der Waals surface area (Å²) in [5, 5.41) is 41.7. The van der Waals surface area contributed by atoms with Gasteiger partial charge in [-0.3, -0.25) is 20.2 Å². The third-order valence-corrected chi connectivity index (χ3v) is 4.93. The van der Waals surface area contributed by atoms with Crippen LogP contribution in [0, 0.1) is 31.6 Å². The number of rotatable bonds is 4. The van der Waals surface area contributed by atoms with Gasteiger partial charge in [-0.05, 0) is 18.2 Å². The van der Waals surface area contributed by atoms with Gasteiger partial charge in [-0.1, -0.05) is 0 Å². The van der Waals surface area contributed by atoms with E-state index in [1.54, 1.807) is 6.07 Å². The molecule has 13 heteroatoms. The highest BCUT2D eigenvalue weighted by Gasteiger charge is 2.31. The fourth-order valence-electron chi connectivity index (χ4n) is 2.50. The number of hydrogen-bond acceptors (Lipinski definition) is 8. The highest BCUT2D eigenvalue weighted by Crippen LogP contribution is 2.36. The lowest BCUT2D eigenvalue weighted by Gasteiger charge is -2.04. The Labute approximate surface area is 168 Å². The van der Waals surface area contributed by atoms with Crippen molar-refractivity contribution in [2.45, 2.75) is 6.18 Å². The molecule has 1 N–H and O–H groups in total. The molecule has 0 saturated heterocycles. The van der Waals surface area contributed by atoms with E-state index in [-0.39, 0.29) is 16.1 Å². The maximum atomic E-state index is 12.9. The number of allylic oxidation sites excluding steroid dienone is 1. The Hall–Kier alpha value is -4.05. The molecule has 9 nitrogen and oxygen atoms in total. The number of fused-ring (bicyclic) bond motifs is 1. The Morgan fingerprint density at radius 3 is 2.20 bits per heavy atom. The summed E-state index contributed by atoms with van der Waals surface area (Å²) in [6.45, 7) is 0. The molecule has 0 saturated carbocycles. The van der Waals surface area contributed by atoms with Crippen molar-refractivity contribution in [2.75, 3.05) is 0 Å². The minimum absolute atomic E-state index is 0.0737. The van der Waals surface area contributed by atoms with Gasteiger partial charge < -0.3 is 5.11 Å². The zero-order chi connectivity index (χ0) is 22.2. The van der Waals surface area contributed by atoms with Crippen LogP contribution in [0.3, 0.4) is 0 Å². The number of thiazole rings is 1. The van der Waals surface area contributed by atoms with Crippen LogP contribution >= 0.6 is 11.3 Å². The molecule has 0 spiro atoms. The van der Waals surface area contributed by atoms with Crippen molar-refractivity contribution in [3.05, 3.63) is 72.8 Å². The van der Waals surface area contributed by atoms with E-state index in [0.29, 0.717) is 10.8 Å². The highest BCUT2D eigenvalue weighted by atomic mass is 32.1. The molecule has 2 aromatic carbocycles. The zero-order valence-electron chi connectivity index (χ0n) is 14.4. The van der Waals surface area contributed by atoms with Crippen molar-refractivity contribution in [2.24, 2.45) is 0 Å². The molecule has 152 valence electrons. The summed E-state index contributed by atoms with van der Waals surface area (Å²) in [5.74, 6) is -0.834. The molecule has 1 heterocycles. The number of nitrogens with zero attached hydrogens (tertiary/aromatic N) is 4. The van der Waals surface area contributed by atoms with Gasteiger partial charge in [0.15, 0.2) is 0 Å². The molecule has 30 heavy (non-hydrogen) atoms. The van der Waals surface area contributed by atoms with E-state index in [1.807, 2.05) is 0 Å². The number of halogens is 3. The first-order valence-corrected chi connectivity index (χ1v) is 8.58. The van der Waals surface area contributed by atoms with E-state index in [2.05, 4.69) is 4.98 Å². The molecular formula is C17H7F3N4O5S. The van der Waals surface area contributed by atoms with Gasteiger partial charge in [-0.2, -0.15) is 18.4 Å². The lowest BCUT2D eigenvalue weighted by atomic mass is 10.1. The number of alkyl halides is 3. The van der Waals surface area contributed by atoms with Gasteiger partial charge >= 0.3 is 6.18 Å². The van der Waals surface area contributed by atoms with Crippen LogP contribution in [0.25, 0.3) is 21.5 Å². The number of nitro benzene ring substituents is 2. The van der Waals surface area contributed by atoms with E-state index in [0.717, 1.165) is 41.7 Å². The van der Waals surface area contributed by atoms with Gasteiger partial charge in [-0.15, -0.1) is 11.3 Å². The van der Waals surface area contributed by atoms with Gasteiger partial charge in [-0.25, -0.2) is 4.98 Å². The van der Waals surface area contributed by atoms with Crippen LogP contribution in [-0.2, 0) is 6.18 Å². The topological polar surface area (TPSA) is 143 Å². The first kappa shape index (κ1) is 20.7. The van der Waals surface area contributed by atoms with Gasteiger partial charge in [0, 0.05) is 17.7 Å². The average molecular weight is 436 g/mol. The third-order valence-electron chi connectivity index (χ3n) is 3.87. The summed E-state index contributed by atoms with van der Waals surface area (Å²) in [4.78, 5) is 24.1. The lowest BCUT2D eigenvalue weighted by molar-refractivity contribution is -0.394. The van der Waals surface area contributed by atoms with Crippen molar-refractivity contribution < 1.29 is 28.1 Å². The second kappa shape index (κ2) is 7.41. The number of nitriles is 1. The molecule has 0 aliphatic heterocycles. The van der Waals surface area contributed by atoms with Gasteiger partial charge in [0.2, 0.25) is 0 Å². The monoisotopic (exact) mass is 436 g/mol. The van der Waals surface area contributed by atoms with Crippen LogP contribution in [0.5, 0.6) is 0 Å². The van der Waals surface area contributed by atoms with E-state index < -0.39 is 44.3 Å². The SMILES string of the molecule is N#C/C(=C(/O)c1cc([N+](=O)[O-])cc([N+](=O)[O-])c1)c1nc2cc(C(F)(F)F)ccc2s1. The Morgan fingerprint density at radius 1 is 1.10 bits per heavy atom. The van der Waals surface area contributed by atoms with Gasteiger partial charge in [0.1, 0.15) is 22.4 Å². The fraction of sp³-hybridized carbons (Fsp3) is 0.0588. The molecule has 0 amide bonds. The number of nitro groups is 2. The lowest BCUT2D eigenvalue weighted by Crippen LogP contribution is -2.03. The van der Waals surface area contributed by atoms with Crippen LogP contribution in [0.4, 0.5) is 24.5 Å². The zero-order valence-corrected chi connectivity index (χ0v) is 15.2. The largest absolute Gasteiger partial charge is 0.506 e. The van der Waals surface area contributed by atoms with Gasteiger partial charge in [0.25, 0.3) is 11.4 Å². The summed E-state index contributed by atoms with van der Waals surface area (Å²) in [6.07, 6.45) is -4.60. The molecular weight excluding hydrogens is 429 g/mol. The average Bonchev–Trinajstić information content (AvgIpc) is 3.10. The van der Waals surface area contributed by atoms with Crippen LogP contribution in [0.15, 0.2) is 36.4 Å². The molecule has 0 aliphatic rings. The molecule has 1 aromatic heterocycles. The van der Waals surface area contributed by atoms with E-state index in [1.165, 1.54) is 0 Å². The molecule has 0 bridgehead atoms. The second-order valence-corrected chi connectivity index (χ2v) is 6.82. The predicted octanol–water partition coefficient (Wildman–Crippen LogP) is 5.08. The standard InChI is InChI=1S/C17H7F3N4O5S/c18-17(19,20)9-1-2-14-13(5-9)22-16(30-14)12(7-21)15(25)8-3-10(23(26)27)6-11(4-8)24(28)29/h1-6,25H/b15-12-. The molecule has 0 radical (unpaired) electrons.